The van der Waals surface area contributed by atoms with E-state index in [4.69, 9.17) is 13.3 Å². The zero-order valence-electron chi connectivity index (χ0n) is 22.1. The standard InChI is InChI=1S/C27H58O3SSi/c1-4-7-10-13-16-19-23-28-32(27-22-26-31,29-24-20-17-14-11-8-5-2)30-25-21-18-15-12-9-6-3/h31H,4-27H2,1-3H3. The van der Waals surface area contributed by atoms with Gasteiger partial charge in [0.05, 0.1) is 0 Å². The van der Waals surface area contributed by atoms with Gasteiger partial charge in [0.15, 0.2) is 0 Å². The summed E-state index contributed by atoms with van der Waals surface area (Å²) < 4.78 is 19.5. The topological polar surface area (TPSA) is 27.7 Å². The van der Waals surface area contributed by atoms with E-state index >= 15 is 0 Å². The molecule has 0 saturated carbocycles. The normalized spacial score (nSPS) is 12.0. The molecular formula is C27H58O3SSi. The van der Waals surface area contributed by atoms with Gasteiger partial charge in [-0.3, -0.25) is 0 Å². The van der Waals surface area contributed by atoms with Gasteiger partial charge in [-0.15, -0.1) is 0 Å². The van der Waals surface area contributed by atoms with E-state index in [0.717, 1.165) is 57.3 Å². The summed E-state index contributed by atoms with van der Waals surface area (Å²) in [5.74, 6) is 0.871. The van der Waals surface area contributed by atoms with Crippen molar-refractivity contribution in [3.8, 4) is 0 Å². The predicted octanol–water partition coefficient (Wildman–Crippen LogP) is 9.38. The third-order valence-corrected chi connectivity index (χ3v) is 9.31. The average molecular weight is 491 g/mol. The Bertz CT molecular complexity index is 312. The van der Waals surface area contributed by atoms with Crippen molar-refractivity contribution in [2.45, 2.75) is 149 Å². The van der Waals surface area contributed by atoms with Crippen molar-refractivity contribution < 1.29 is 13.3 Å². The lowest BCUT2D eigenvalue weighted by atomic mass is 10.1. The minimum absolute atomic E-state index is 0.790. The van der Waals surface area contributed by atoms with Crippen molar-refractivity contribution >= 4 is 21.4 Å². The van der Waals surface area contributed by atoms with Crippen LogP contribution in [-0.4, -0.2) is 34.4 Å². The molecule has 0 aliphatic rings. The Morgan fingerprint density at radius 2 is 0.750 bits per heavy atom. The summed E-state index contributed by atoms with van der Waals surface area (Å²) in [6.45, 7) is 9.18. The molecule has 0 saturated heterocycles. The van der Waals surface area contributed by atoms with Crippen molar-refractivity contribution in [2.75, 3.05) is 25.6 Å². The van der Waals surface area contributed by atoms with E-state index in [1.54, 1.807) is 0 Å². The van der Waals surface area contributed by atoms with Gasteiger partial charge in [0, 0.05) is 25.9 Å². The Morgan fingerprint density at radius 3 is 1.06 bits per heavy atom. The van der Waals surface area contributed by atoms with Crippen LogP contribution in [0.4, 0.5) is 0 Å². The molecule has 0 unspecified atom stereocenters. The van der Waals surface area contributed by atoms with Gasteiger partial charge in [-0.05, 0) is 31.4 Å². The SMILES string of the molecule is CCCCCCCCO[Si](CCCS)(OCCCCCCCC)OCCCCCCCC. The highest BCUT2D eigenvalue weighted by Gasteiger charge is 2.40. The molecule has 0 bridgehead atoms. The molecule has 0 heterocycles. The molecule has 3 nitrogen and oxygen atoms in total. The Kier molecular flexibility index (Phi) is 26.4. The molecule has 0 radical (unpaired) electrons. The number of rotatable bonds is 27. The molecular weight excluding hydrogens is 432 g/mol. The lowest BCUT2D eigenvalue weighted by molar-refractivity contribution is 0.0551. The van der Waals surface area contributed by atoms with E-state index in [1.165, 1.54) is 96.3 Å². The summed E-state index contributed by atoms with van der Waals surface area (Å²) in [7, 11) is -2.59. The highest BCUT2D eigenvalue weighted by molar-refractivity contribution is 7.80. The molecule has 0 N–H and O–H groups in total. The third-order valence-electron chi connectivity index (χ3n) is 6.10. The zero-order valence-corrected chi connectivity index (χ0v) is 24.0. The Morgan fingerprint density at radius 1 is 0.438 bits per heavy atom. The summed E-state index contributed by atoms with van der Waals surface area (Å²) in [6.07, 6.45) is 24.1. The summed E-state index contributed by atoms with van der Waals surface area (Å²) in [5, 5.41) is 0. The fourth-order valence-corrected chi connectivity index (χ4v) is 7.08. The quantitative estimate of drug-likeness (QED) is 0.0706. The van der Waals surface area contributed by atoms with Crippen molar-refractivity contribution in [2.24, 2.45) is 0 Å². The smallest absolute Gasteiger partial charge is 0.373 e. The van der Waals surface area contributed by atoms with Crippen molar-refractivity contribution in [1.82, 2.24) is 0 Å². The first-order chi connectivity index (χ1) is 15.7. The predicted molar refractivity (Wildman–Crippen MR) is 147 cm³/mol. The molecule has 194 valence electrons. The van der Waals surface area contributed by atoms with Crippen molar-refractivity contribution in [3.63, 3.8) is 0 Å². The second-order valence-corrected chi connectivity index (χ2v) is 12.5. The van der Waals surface area contributed by atoms with Crippen LogP contribution in [0.15, 0.2) is 0 Å². The number of hydrogen-bond donors (Lipinski definition) is 1. The molecule has 0 aromatic rings. The monoisotopic (exact) mass is 490 g/mol. The van der Waals surface area contributed by atoms with Gasteiger partial charge >= 0.3 is 8.80 Å². The van der Waals surface area contributed by atoms with Crippen molar-refractivity contribution in [1.29, 1.82) is 0 Å². The van der Waals surface area contributed by atoms with Crippen LogP contribution in [0.5, 0.6) is 0 Å². The van der Waals surface area contributed by atoms with E-state index in [2.05, 4.69) is 33.4 Å². The fraction of sp³-hybridized carbons (Fsp3) is 1.00. The van der Waals surface area contributed by atoms with Crippen LogP contribution in [0.2, 0.25) is 6.04 Å². The van der Waals surface area contributed by atoms with Gasteiger partial charge in [-0.25, -0.2) is 0 Å². The molecule has 32 heavy (non-hydrogen) atoms. The van der Waals surface area contributed by atoms with Crippen molar-refractivity contribution in [3.05, 3.63) is 0 Å². The summed E-state index contributed by atoms with van der Waals surface area (Å²) >= 11 is 4.46. The van der Waals surface area contributed by atoms with E-state index < -0.39 is 8.80 Å². The van der Waals surface area contributed by atoms with Crippen LogP contribution in [-0.2, 0) is 13.3 Å². The average Bonchev–Trinajstić information content (AvgIpc) is 2.81. The maximum absolute atomic E-state index is 6.49. The lowest BCUT2D eigenvalue weighted by Gasteiger charge is -2.30. The van der Waals surface area contributed by atoms with Gasteiger partial charge < -0.3 is 13.3 Å². The van der Waals surface area contributed by atoms with Crippen LogP contribution >= 0.6 is 12.6 Å². The van der Waals surface area contributed by atoms with Gasteiger partial charge in [0.2, 0.25) is 0 Å². The second kappa shape index (κ2) is 26.1. The second-order valence-electron chi connectivity index (χ2n) is 9.36. The van der Waals surface area contributed by atoms with Gasteiger partial charge in [-0.1, -0.05) is 117 Å². The summed E-state index contributed by atoms with van der Waals surface area (Å²) in [6, 6.07) is 0.915. The number of unbranched alkanes of at least 4 members (excludes halogenated alkanes) is 15. The maximum atomic E-state index is 6.49. The maximum Gasteiger partial charge on any atom is 0.500 e. The highest BCUT2D eigenvalue weighted by atomic mass is 32.1. The summed E-state index contributed by atoms with van der Waals surface area (Å²) in [5.41, 5.74) is 0. The first kappa shape index (κ1) is 32.4. The van der Waals surface area contributed by atoms with E-state index in [9.17, 15) is 0 Å². The van der Waals surface area contributed by atoms with Crippen LogP contribution in [0, 0.1) is 0 Å². The Hall–Kier alpha value is 0.447. The van der Waals surface area contributed by atoms with Gasteiger partial charge in [-0.2, -0.15) is 12.6 Å². The van der Waals surface area contributed by atoms with Crippen LogP contribution in [0.1, 0.15) is 143 Å². The van der Waals surface area contributed by atoms with E-state index in [-0.39, 0.29) is 0 Å². The fourth-order valence-electron chi connectivity index (χ4n) is 3.97. The molecule has 0 fully saturated rings. The molecule has 0 spiro atoms. The Balaban J connectivity index is 4.51. The van der Waals surface area contributed by atoms with Crippen LogP contribution in [0.25, 0.3) is 0 Å². The van der Waals surface area contributed by atoms with Crippen LogP contribution in [0.3, 0.4) is 0 Å². The molecule has 0 aromatic carbocycles. The molecule has 5 heteroatoms. The molecule has 0 aliphatic heterocycles. The first-order valence-corrected chi connectivity index (χ1v) is 16.8. The molecule has 0 rings (SSSR count). The number of hydrogen-bond acceptors (Lipinski definition) is 4. The minimum Gasteiger partial charge on any atom is -0.373 e. The molecule has 0 amide bonds. The lowest BCUT2D eigenvalue weighted by Crippen LogP contribution is -2.46. The van der Waals surface area contributed by atoms with Gasteiger partial charge in [0.1, 0.15) is 0 Å². The van der Waals surface area contributed by atoms with E-state index in [1.807, 2.05) is 0 Å². The first-order valence-electron chi connectivity index (χ1n) is 14.3. The van der Waals surface area contributed by atoms with Gasteiger partial charge in [0.25, 0.3) is 0 Å². The van der Waals surface area contributed by atoms with Crippen LogP contribution < -0.4 is 0 Å². The summed E-state index contributed by atoms with van der Waals surface area (Å²) in [4.78, 5) is 0. The zero-order chi connectivity index (χ0) is 23.6. The molecule has 0 aliphatic carbocycles. The highest BCUT2D eigenvalue weighted by Crippen LogP contribution is 2.22. The van der Waals surface area contributed by atoms with E-state index in [0.29, 0.717) is 0 Å². The Labute approximate surface area is 208 Å². The number of thiol groups is 1. The third kappa shape index (κ3) is 21.0. The molecule has 0 atom stereocenters. The minimum atomic E-state index is -2.59. The molecule has 0 aromatic heterocycles. The largest absolute Gasteiger partial charge is 0.500 e.